The average Bonchev–Trinajstić information content (AvgIpc) is 2.63. The highest BCUT2D eigenvalue weighted by atomic mass is 32.1. The van der Waals surface area contributed by atoms with E-state index >= 15 is 0 Å². The molecule has 1 aromatic rings. The normalized spacial score (nSPS) is 13.7. The van der Waals surface area contributed by atoms with Crippen LogP contribution in [0.15, 0.2) is 17.5 Å². The number of rotatable bonds is 6. The van der Waals surface area contributed by atoms with Gasteiger partial charge in [-0.3, -0.25) is 0 Å². The molecule has 1 heterocycles. The van der Waals surface area contributed by atoms with Crippen LogP contribution >= 0.6 is 11.3 Å². The van der Waals surface area contributed by atoms with Gasteiger partial charge in [-0.15, -0.1) is 11.3 Å². The van der Waals surface area contributed by atoms with Gasteiger partial charge in [-0.25, -0.2) is 0 Å². The lowest BCUT2D eigenvalue weighted by molar-refractivity contribution is 0.357. The predicted molar refractivity (Wildman–Crippen MR) is 68.5 cm³/mol. The predicted octanol–water partition coefficient (Wildman–Crippen LogP) is 2.60. The lowest BCUT2D eigenvalue weighted by atomic mass is 10.0. The van der Waals surface area contributed by atoms with Gasteiger partial charge in [-0.05, 0) is 31.5 Å². The second-order valence-corrected chi connectivity index (χ2v) is 5.47. The first-order valence-corrected chi connectivity index (χ1v) is 6.40. The van der Waals surface area contributed by atoms with Crippen molar-refractivity contribution in [2.75, 3.05) is 27.2 Å². The molecule has 1 N–H and O–H groups in total. The summed E-state index contributed by atoms with van der Waals surface area (Å²) in [6, 6.07) is 4.85. The quantitative estimate of drug-likeness (QED) is 0.802. The summed E-state index contributed by atoms with van der Waals surface area (Å²) in [5.41, 5.74) is 0. The molecular formula is C12H22N2S. The van der Waals surface area contributed by atoms with Crippen LogP contribution < -0.4 is 5.32 Å². The molecule has 2 nitrogen and oxygen atoms in total. The van der Waals surface area contributed by atoms with Gasteiger partial charge in [0.25, 0.3) is 0 Å². The van der Waals surface area contributed by atoms with E-state index in [-0.39, 0.29) is 0 Å². The van der Waals surface area contributed by atoms with Crippen LogP contribution in [-0.4, -0.2) is 32.1 Å². The number of nitrogens with zero attached hydrogens (tertiary/aromatic N) is 1. The minimum Gasteiger partial charge on any atom is -0.308 e. The van der Waals surface area contributed by atoms with Crippen molar-refractivity contribution in [2.45, 2.75) is 19.9 Å². The fourth-order valence-corrected chi connectivity index (χ4v) is 2.55. The Hall–Kier alpha value is -0.380. The highest BCUT2D eigenvalue weighted by Gasteiger charge is 2.15. The molecule has 0 aliphatic heterocycles. The number of nitrogens with one attached hydrogen (secondary N) is 1. The van der Waals surface area contributed by atoms with Gasteiger partial charge in [0.1, 0.15) is 0 Å². The number of hydrogen-bond donors (Lipinski definition) is 1. The molecule has 1 rings (SSSR count). The van der Waals surface area contributed by atoms with E-state index in [4.69, 9.17) is 0 Å². The van der Waals surface area contributed by atoms with Gasteiger partial charge in [-0.1, -0.05) is 19.9 Å². The van der Waals surface area contributed by atoms with E-state index in [1.54, 1.807) is 0 Å². The fourth-order valence-electron chi connectivity index (χ4n) is 1.58. The zero-order valence-corrected chi connectivity index (χ0v) is 11.0. The Bertz CT molecular complexity index is 255. The molecule has 1 atom stereocenters. The lowest BCUT2D eigenvalue weighted by Crippen LogP contribution is -2.31. The molecular weight excluding hydrogens is 204 g/mol. The van der Waals surface area contributed by atoms with Gasteiger partial charge in [0.05, 0.1) is 0 Å². The maximum Gasteiger partial charge on any atom is 0.0438 e. The second kappa shape index (κ2) is 6.26. The minimum atomic E-state index is 0.505. The molecule has 0 saturated carbocycles. The Morgan fingerprint density at radius 2 is 2.13 bits per heavy atom. The van der Waals surface area contributed by atoms with Crippen molar-refractivity contribution >= 4 is 11.3 Å². The Labute approximate surface area is 97.3 Å². The van der Waals surface area contributed by atoms with Crippen molar-refractivity contribution in [3.05, 3.63) is 22.4 Å². The third-order valence-corrected chi connectivity index (χ3v) is 3.40. The van der Waals surface area contributed by atoms with Gasteiger partial charge in [-0.2, -0.15) is 0 Å². The van der Waals surface area contributed by atoms with Crippen molar-refractivity contribution in [3.8, 4) is 0 Å². The third-order valence-electron chi connectivity index (χ3n) is 2.44. The molecule has 0 bridgehead atoms. The average molecular weight is 226 g/mol. The van der Waals surface area contributed by atoms with Crippen molar-refractivity contribution in [1.82, 2.24) is 10.2 Å². The maximum atomic E-state index is 3.62. The molecule has 0 aliphatic rings. The SMILES string of the molecule is CC(C)C(NCCN(C)C)c1cccs1. The van der Waals surface area contributed by atoms with E-state index in [0.29, 0.717) is 12.0 Å². The maximum absolute atomic E-state index is 3.62. The first-order valence-electron chi connectivity index (χ1n) is 5.52. The van der Waals surface area contributed by atoms with E-state index in [9.17, 15) is 0 Å². The Balaban J connectivity index is 2.45. The van der Waals surface area contributed by atoms with E-state index < -0.39 is 0 Å². The largest absolute Gasteiger partial charge is 0.308 e. The topological polar surface area (TPSA) is 15.3 Å². The first kappa shape index (κ1) is 12.7. The number of thiophene rings is 1. The second-order valence-electron chi connectivity index (χ2n) is 4.49. The smallest absolute Gasteiger partial charge is 0.0438 e. The third kappa shape index (κ3) is 4.33. The summed E-state index contributed by atoms with van der Waals surface area (Å²) >= 11 is 1.84. The summed E-state index contributed by atoms with van der Waals surface area (Å²) in [5, 5.41) is 5.77. The molecule has 0 aromatic carbocycles. The minimum absolute atomic E-state index is 0.505. The summed E-state index contributed by atoms with van der Waals surface area (Å²) in [4.78, 5) is 3.66. The van der Waals surface area contributed by atoms with Gasteiger partial charge < -0.3 is 10.2 Å². The van der Waals surface area contributed by atoms with E-state index in [1.165, 1.54) is 4.88 Å². The zero-order valence-electron chi connectivity index (χ0n) is 10.2. The Kier molecular flexibility index (Phi) is 5.29. The fraction of sp³-hybridized carbons (Fsp3) is 0.667. The first-order chi connectivity index (χ1) is 7.11. The van der Waals surface area contributed by atoms with Crippen molar-refractivity contribution < 1.29 is 0 Å². The van der Waals surface area contributed by atoms with Crippen LogP contribution in [0.2, 0.25) is 0 Å². The summed E-state index contributed by atoms with van der Waals surface area (Å²) in [7, 11) is 4.22. The molecule has 0 radical (unpaired) electrons. The molecule has 15 heavy (non-hydrogen) atoms. The molecule has 0 amide bonds. The van der Waals surface area contributed by atoms with Crippen LogP contribution in [0.4, 0.5) is 0 Å². The van der Waals surface area contributed by atoms with Gasteiger partial charge >= 0.3 is 0 Å². The van der Waals surface area contributed by atoms with E-state index in [2.05, 4.69) is 55.7 Å². The van der Waals surface area contributed by atoms with E-state index in [1.807, 2.05) is 11.3 Å². The van der Waals surface area contributed by atoms with Gasteiger partial charge in [0.2, 0.25) is 0 Å². The Morgan fingerprint density at radius 3 is 2.60 bits per heavy atom. The lowest BCUT2D eigenvalue weighted by Gasteiger charge is -2.22. The highest BCUT2D eigenvalue weighted by Crippen LogP contribution is 2.25. The Morgan fingerprint density at radius 1 is 1.40 bits per heavy atom. The van der Waals surface area contributed by atoms with Gasteiger partial charge in [0.15, 0.2) is 0 Å². The molecule has 0 saturated heterocycles. The van der Waals surface area contributed by atoms with E-state index in [0.717, 1.165) is 13.1 Å². The molecule has 0 spiro atoms. The van der Waals surface area contributed by atoms with Crippen LogP contribution in [0, 0.1) is 5.92 Å². The number of likely N-dealkylation sites (N-methyl/N-ethyl adjacent to an activating group) is 1. The summed E-state index contributed by atoms with van der Waals surface area (Å²) in [6.45, 7) is 6.68. The number of hydrogen-bond acceptors (Lipinski definition) is 3. The van der Waals surface area contributed by atoms with Crippen molar-refractivity contribution in [1.29, 1.82) is 0 Å². The van der Waals surface area contributed by atoms with Crippen LogP contribution in [0.1, 0.15) is 24.8 Å². The van der Waals surface area contributed by atoms with Crippen LogP contribution in [-0.2, 0) is 0 Å². The summed E-state index contributed by atoms with van der Waals surface area (Å²) in [6.07, 6.45) is 0. The monoisotopic (exact) mass is 226 g/mol. The molecule has 0 fully saturated rings. The summed E-state index contributed by atoms with van der Waals surface area (Å²) in [5.74, 6) is 0.644. The van der Waals surface area contributed by atoms with Gasteiger partial charge in [0, 0.05) is 24.0 Å². The van der Waals surface area contributed by atoms with Crippen molar-refractivity contribution in [2.24, 2.45) is 5.92 Å². The van der Waals surface area contributed by atoms with Crippen LogP contribution in [0.3, 0.4) is 0 Å². The van der Waals surface area contributed by atoms with Crippen molar-refractivity contribution in [3.63, 3.8) is 0 Å². The molecule has 1 unspecified atom stereocenters. The molecule has 0 aliphatic carbocycles. The molecule has 1 aromatic heterocycles. The zero-order chi connectivity index (χ0) is 11.3. The van der Waals surface area contributed by atoms with Crippen LogP contribution in [0.25, 0.3) is 0 Å². The molecule has 3 heteroatoms. The standard InChI is InChI=1S/C12H22N2S/c1-10(2)12(11-6-5-9-15-11)13-7-8-14(3)4/h5-6,9-10,12-13H,7-8H2,1-4H3. The highest BCUT2D eigenvalue weighted by molar-refractivity contribution is 7.10. The summed E-state index contributed by atoms with van der Waals surface area (Å²) < 4.78 is 0. The van der Waals surface area contributed by atoms with Crippen LogP contribution in [0.5, 0.6) is 0 Å². The molecule has 86 valence electrons.